The van der Waals surface area contributed by atoms with Gasteiger partial charge < -0.3 is 19.8 Å². The second-order valence-electron chi connectivity index (χ2n) is 9.26. The van der Waals surface area contributed by atoms with E-state index in [0.717, 1.165) is 35.7 Å². The fraction of sp³-hybridized carbons (Fsp3) is 0.407. The maximum Gasteiger partial charge on any atom is 0.355 e. The molecular weight excluding hydrogens is 446 g/mol. The minimum absolute atomic E-state index is 0.151. The fourth-order valence-corrected chi connectivity index (χ4v) is 5.12. The number of esters is 2. The summed E-state index contributed by atoms with van der Waals surface area (Å²) in [6, 6.07) is 9.27. The second kappa shape index (κ2) is 8.83. The molecule has 8 heteroatoms. The van der Waals surface area contributed by atoms with Crippen molar-refractivity contribution in [3.8, 4) is 11.4 Å². The van der Waals surface area contributed by atoms with Gasteiger partial charge in [-0.2, -0.15) is 0 Å². The van der Waals surface area contributed by atoms with Crippen LogP contribution >= 0.6 is 0 Å². The first-order chi connectivity index (χ1) is 16.9. The van der Waals surface area contributed by atoms with Gasteiger partial charge in [0.1, 0.15) is 6.61 Å². The van der Waals surface area contributed by atoms with E-state index < -0.39 is 17.5 Å². The summed E-state index contributed by atoms with van der Waals surface area (Å²) in [4.78, 5) is 44.2. The van der Waals surface area contributed by atoms with Gasteiger partial charge in [0.15, 0.2) is 0 Å². The zero-order chi connectivity index (χ0) is 24.7. The standard InChI is InChI=1S/C27H29N3O5/c1-3-5-6-7-11-23(31)35-27(4-2)19-13-22-24-16(12-17-20(28)9-8-10-21(17)29-24)14-30(22)25(32)18(19)15-34-26(27)33/h8-10,12-13H,3-7,11,14-15,28H2,1-2H3/t27-/m0/s1. The van der Waals surface area contributed by atoms with E-state index in [-0.39, 0.29) is 25.0 Å². The molecule has 1 aromatic carbocycles. The van der Waals surface area contributed by atoms with E-state index in [1.165, 1.54) is 0 Å². The maximum atomic E-state index is 13.6. The molecule has 35 heavy (non-hydrogen) atoms. The van der Waals surface area contributed by atoms with Crippen molar-refractivity contribution in [2.75, 3.05) is 5.73 Å². The monoisotopic (exact) mass is 475 g/mol. The number of nitrogens with zero attached hydrogens (tertiary/aromatic N) is 2. The number of nitrogens with two attached hydrogens (primary N) is 1. The molecule has 0 aliphatic carbocycles. The lowest BCUT2D eigenvalue weighted by atomic mass is 9.85. The van der Waals surface area contributed by atoms with Gasteiger partial charge in [0, 0.05) is 28.6 Å². The van der Waals surface area contributed by atoms with Crippen molar-refractivity contribution in [1.82, 2.24) is 9.55 Å². The number of fused-ring (bicyclic) bond motifs is 5. The van der Waals surface area contributed by atoms with E-state index in [0.29, 0.717) is 41.2 Å². The lowest BCUT2D eigenvalue weighted by molar-refractivity contribution is -0.189. The van der Waals surface area contributed by atoms with Crippen LogP contribution in [0.1, 0.15) is 69.1 Å². The van der Waals surface area contributed by atoms with E-state index in [1.54, 1.807) is 17.6 Å². The third-order valence-electron chi connectivity index (χ3n) is 7.08. The molecule has 8 nitrogen and oxygen atoms in total. The summed E-state index contributed by atoms with van der Waals surface area (Å²) >= 11 is 0. The van der Waals surface area contributed by atoms with Crippen molar-refractivity contribution in [2.45, 2.75) is 71.1 Å². The van der Waals surface area contributed by atoms with Gasteiger partial charge in [-0.15, -0.1) is 0 Å². The fourth-order valence-electron chi connectivity index (χ4n) is 5.12. The number of carbonyl (C=O) groups is 2. The molecule has 0 unspecified atom stereocenters. The van der Waals surface area contributed by atoms with Crippen molar-refractivity contribution in [3.05, 3.63) is 57.4 Å². The molecule has 2 aromatic heterocycles. The topological polar surface area (TPSA) is 114 Å². The number of hydrogen-bond donors (Lipinski definition) is 1. The summed E-state index contributed by atoms with van der Waals surface area (Å²) in [5.74, 6) is -1.11. The molecule has 0 amide bonds. The number of carbonyl (C=O) groups excluding carboxylic acids is 2. The van der Waals surface area contributed by atoms with Crippen LogP contribution in [-0.4, -0.2) is 21.5 Å². The van der Waals surface area contributed by atoms with E-state index >= 15 is 0 Å². The highest BCUT2D eigenvalue weighted by molar-refractivity contribution is 5.93. The van der Waals surface area contributed by atoms with Crippen molar-refractivity contribution >= 4 is 28.5 Å². The number of hydrogen-bond acceptors (Lipinski definition) is 7. The summed E-state index contributed by atoms with van der Waals surface area (Å²) in [5.41, 5.74) is 8.45. The van der Waals surface area contributed by atoms with Crippen LogP contribution in [0.5, 0.6) is 0 Å². The Hall–Kier alpha value is -3.68. The van der Waals surface area contributed by atoms with Crippen LogP contribution in [0.15, 0.2) is 35.1 Å². The van der Waals surface area contributed by atoms with Crippen molar-refractivity contribution in [1.29, 1.82) is 0 Å². The highest BCUT2D eigenvalue weighted by Crippen LogP contribution is 2.41. The van der Waals surface area contributed by atoms with Gasteiger partial charge in [-0.05, 0) is 37.1 Å². The Balaban J connectivity index is 1.60. The van der Waals surface area contributed by atoms with Crippen LogP contribution in [0.25, 0.3) is 22.3 Å². The number of nitrogen functional groups attached to an aromatic ring is 1. The van der Waals surface area contributed by atoms with Gasteiger partial charge in [-0.25, -0.2) is 9.78 Å². The Bertz CT molecular complexity index is 1410. The van der Waals surface area contributed by atoms with Crippen LogP contribution in [0.3, 0.4) is 0 Å². The van der Waals surface area contributed by atoms with E-state index in [4.69, 9.17) is 20.2 Å². The predicted octanol–water partition coefficient (Wildman–Crippen LogP) is 4.18. The lowest BCUT2D eigenvalue weighted by Crippen LogP contribution is -2.47. The van der Waals surface area contributed by atoms with E-state index in [9.17, 15) is 14.4 Å². The first-order valence-electron chi connectivity index (χ1n) is 12.2. The van der Waals surface area contributed by atoms with Gasteiger partial charge >= 0.3 is 11.9 Å². The second-order valence-corrected chi connectivity index (χ2v) is 9.26. The van der Waals surface area contributed by atoms with Crippen molar-refractivity contribution in [2.24, 2.45) is 0 Å². The Kier molecular flexibility index (Phi) is 5.83. The largest absolute Gasteiger partial charge is 0.457 e. The van der Waals surface area contributed by atoms with Gasteiger partial charge in [-0.3, -0.25) is 9.59 Å². The normalized spacial score (nSPS) is 18.1. The summed E-state index contributed by atoms with van der Waals surface area (Å²) in [5, 5.41) is 0.829. The van der Waals surface area contributed by atoms with Crippen LogP contribution in [0.4, 0.5) is 5.69 Å². The summed E-state index contributed by atoms with van der Waals surface area (Å²) in [6.45, 7) is 4.05. The molecule has 0 spiro atoms. The lowest BCUT2D eigenvalue weighted by Gasteiger charge is -2.35. The Morgan fingerprint density at radius 3 is 2.80 bits per heavy atom. The predicted molar refractivity (Wildman–Crippen MR) is 132 cm³/mol. The van der Waals surface area contributed by atoms with Crippen molar-refractivity contribution in [3.63, 3.8) is 0 Å². The molecule has 0 saturated heterocycles. The van der Waals surface area contributed by atoms with Crippen LogP contribution < -0.4 is 11.3 Å². The Morgan fingerprint density at radius 2 is 2.03 bits per heavy atom. The first kappa shape index (κ1) is 23.1. The number of anilines is 1. The molecule has 0 radical (unpaired) electrons. The number of ether oxygens (including phenoxy) is 2. The minimum Gasteiger partial charge on any atom is -0.457 e. The quantitative estimate of drug-likeness (QED) is 0.242. The third kappa shape index (κ3) is 3.68. The molecule has 0 saturated carbocycles. The molecule has 2 aliphatic rings. The average molecular weight is 476 g/mol. The van der Waals surface area contributed by atoms with Crippen LogP contribution in [-0.2, 0) is 37.8 Å². The van der Waals surface area contributed by atoms with Gasteiger partial charge in [0.2, 0.25) is 5.60 Å². The van der Waals surface area contributed by atoms with Crippen molar-refractivity contribution < 1.29 is 19.1 Å². The highest BCUT2D eigenvalue weighted by Gasteiger charge is 2.50. The van der Waals surface area contributed by atoms with Gasteiger partial charge in [-0.1, -0.05) is 39.2 Å². The molecule has 5 rings (SSSR count). The highest BCUT2D eigenvalue weighted by atomic mass is 16.6. The van der Waals surface area contributed by atoms with Crippen LogP contribution in [0, 0.1) is 0 Å². The summed E-state index contributed by atoms with van der Waals surface area (Å²) in [6.07, 6.45) is 4.08. The van der Waals surface area contributed by atoms with Gasteiger partial charge in [0.25, 0.3) is 5.56 Å². The van der Waals surface area contributed by atoms with Gasteiger partial charge in [0.05, 0.1) is 29.0 Å². The molecule has 2 N–H and O–H groups in total. The first-order valence-corrected chi connectivity index (χ1v) is 12.2. The summed E-state index contributed by atoms with van der Waals surface area (Å²) in [7, 11) is 0. The molecule has 0 bridgehead atoms. The van der Waals surface area contributed by atoms with E-state index in [2.05, 4.69) is 6.92 Å². The smallest absolute Gasteiger partial charge is 0.355 e. The molecule has 1 atom stereocenters. The molecular formula is C27H29N3O5. The molecule has 4 heterocycles. The number of cyclic esters (lactones) is 1. The maximum absolute atomic E-state index is 13.6. The number of aromatic nitrogens is 2. The Morgan fingerprint density at radius 1 is 1.20 bits per heavy atom. The zero-order valence-electron chi connectivity index (χ0n) is 20.1. The van der Waals surface area contributed by atoms with E-state index in [1.807, 2.05) is 24.3 Å². The number of rotatable bonds is 7. The third-order valence-corrected chi connectivity index (χ3v) is 7.08. The molecule has 3 aromatic rings. The number of benzene rings is 1. The SMILES string of the molecule is CCCCCCC(=O)O[C@]1(CC)C(=O)OCc2c1cc1n(c2=O)Cc2cc3c(N)cccc3nc2-1. The average Bonchev–Trinajstić information content (AvgIpc) is 3.21. The minimum atomic E-state index is -1.64. The number of pyridine rings is 2. The zero-order valence-corrected chi connectivity index (χ0v) is 20.1. The Labute approximate surface area is 203 Å². The summed E-state index contributed by atoms with van der Waals surface area (Å²) < 4.78 is 12.9. The van der Waals surface area contributed by atoms with Crippen LogP contribution in [0.2, 0.25) is 0 Å². The molecule has 0 fully saturated rings. The molecule has 2 aliphatic heterocycles. The number of unbranched alkanes of at least 4 members (excludes halogenated alkanes) is 3. The molecule has 182 valence electrons.